The molecule has 20 heavy (non-hydrogen) atoms. The number of hydrogen-bond donors (Lipinski definition) is 2. The molecule has 0 saturated heterocycles. The molecule has 0 aromatic carbocycles. The Morgan fingerprint density at radius 3 is 2.65 bits per heavy atom. The molecule has 1 heterocycles. The molecule has 8 nitrogen and oxygen atoms in total. The molecule has 2 N–H and O–H groups in total. The summed E-state index contributed by atoms with van der Waals surface area (Å²) in [4.78, 5) is 22.5. The van der Waals surface area contributed by atoms with Gasteiger partial charge in [-0.3, -0.25) is 14.9 Å². The molecule has 0 aliphatic carbocycles. The Bertz CT molecular complexity index is 498. The van der Waals surface area contributed by atoms with Crippen LogP contribution < -0.4 is 10.6 Å². The van der Waals surface area contributed by atoms with Crippen LogP contribution in [0.2, 0.25) is 0 Å². The normalized spacial score (nSPS) is 12.0. The van der Waals surface area contributed by atoms with Gasteiger partial charge in [-0.1, -0.05) is 13.3 Å². The Hall–Kier alpha value is -2.12. The summed E-state index contributed by atoms with van der Waals surface area (Å²) in [6.45, 7) is 5.92. The number of nitrogens with zero attached hydrogens (tertiary/aromatic N) is 3. The molecule has 0 saturated carbocycles. The van der Waals surface area contributed by atoms with E-state index in [-0.39, 0.29) is 17.4 Å². The Balaban J connectivity index is 3.05. The quantitative estimate of drug-likeness (QED) is 0.578. The highest BCUT2D eigenvalue weighted by molar-refractivity contribution is 5.84. The molecule has 0 radical (unpaired) electrons. The molecular weight excluding hydrogens is 262 g/mol. The third-order valence-electron chi connectivity index (χ3n) is 2.86. The van der Waals surface area contributed by atoms with Crippen molar-refractivity contribution in [1.82, 2.24) is 15.1 Å². The lowest BCUT2D eigenvalue weighted by atomic mass is 10.2. The van der Waals surface area contributed by atoms with Gasteiger partial charge in [0.2, 0.25) is 11.7 Å². The summed E-state index contributed by atoms with van der Waals surface area (Å²) < 4.78 is 1.42. The molecule has 0 aliphatic rings. The van der Waals surface area contributed by atoms with Crippen LogP contribution in [0.1, 0.15) is 32.9 Å². The van der Waals surface area contributed by atoms with E-state index in [0.29, 0.717) is 18.7 Å². The minimum Gasteiger partial charge on any atom is -0.355 e. The first-order valence-corrected chi connectivity index (χ1v) is 6.66. The van der Waals surface area contributed by atoms with Crippen molar-refractivity contribution < 1.29 is 9.72 Å². The minimum atomic E-state index is -0.571. The summed E-state index contributed by atoms with van der Waals surface area (Å²) in [5, 5.41) is 20.9. The molecule has 1 atom stereocenters. The average molecular weight is 283 g/mol. The Kier molecular flexibility index (Phi) is 5.48. The van der Waals surface area contributed by atoms with E-state index in [1.54, 1.807) is 14.0 Å². The number of carbonyl (C=O) groups is 1. The van der Waals surface area contributed by atoms with Crippen LogP contribution in [0.15, 0.2) is 0 Å². The smallest absolute Gasteiger partial charge is 0.334 e. The van der Waals surface area contributed by atoms with Crippen molar-refractivity contribution >= 4 is 17.4 Å². The molecule has 1 aromatic heterocycles. The zero-order valence-electron chi connectivity index (χ0n) is 12.3. The number of rotatable bonds is 7. The van der Waals surface area contributed by atoms with Crippen LogP contribution in [-0.4, -0.2) is 33.2 Å². The van der Waals surface area contributed by atoms with Gasteiger partial charge in [0.1, 0.15) is 11.7 Å². The van der Waals surface area contributed by atoms with Gasteiger partial charge < -0.3 is 10.6 Å². The molecule has 1 aromatic rings. The average Bonchev–Trinajstić information content (AvgIpc) is 2.66. The summed E-state index contributed by atoms with van der Waals surface area (Å²) >= 11 is 0. The highest BCUT2D eigenvalue weighted by Gasteiger charge is 2.28. The maximum atomic E-state index is 11.7. The molecule has 1 unspecified atom stereocenters. The van der Waals surface area contributed by atoms with Gasteiger partial charge in [-0.15, -0.1) is 0 Å². The molecule has 112 valence electrons. The van der Waals surface area contributed by atoms with E-state index in [1.807, 2.05) is 13.8 Å². The van der Waals surface area contributed by atoms with Gasteiger partial charge in [-0.2, -0.15) is 5.10 Å². The van der Waals surface area contributed by atoms with Crippen LogP contribution >= 0.6 is 0 Å². The summed E-state index contributed by atoms with van der Waals surface area (Å²) in [7, 11) is 1.62. The Morgan fingerprint density at radius 2 is 2.15 bits per heavy atom. The first-order chi connectivity index (χ1) is 9.42. The lowest BCUT2D eigenvalue weighted by molar-refractivity contribution is -0.384. The molecule has 8 heteroatoms. The van der Waals surface area contributed by atoms with Crippen LogP contribution in [0, 0.1) is 10.1 Å². The van der Waals surface area contributed by atoms with Gasteiger partial charge in [0.05, 0.1) is 4.92 Å². The summed E-state index contributed by atoms with van der Waals surface area (Å²) in [6.07, 6.45) is 1.30. The molecule has 0 fully saturated rings. The second kappa shape index (κ2) is 6.88. The summed E-state index contributed by atoms with van der Waals surface area (Å²) in [6, 6.07) is -0.571. The molecule has 0 bridgehead atoms. The van der Waals surface area contributed by atoms with Gasteiger partial charge in [0, 0.05) is 13.6 Å². The lowest BCUT2D eigenvalue weighted by Gasteiger charge is -2.13. The lowest BCUT2D eigenvalue weighted by Crippen LogP contribution is -2.37. The van der Waals surface area contributed by atoms with E-state index in [1.165, 1.54) is 4.68 Å². The number of hydrogen-bond acceptors (Lipinski definition) is 5. The van der Waals surface area contributed by atoms with Crippen LogP contribution in [0.4, 0.5) is 11.5 Å². The van der Waals surface area contributed by atoms with Crippen molar-refractivity contribution in [3.05, 3.63) is 15.8 Å². The van der Waals surface area contributed by atoms with E-state index < -0.39 is 11.0 Å². The SMILES string of the molecule is CCCc1nn(C)c(NC(C)C(=O)NCC)c1[N+](=O)[O-]. The predicted molar refractivity (Wildman–Crippen MR) is 75.6 cm³/mol. The van der Waals surface area contributed by atoms with Crippen LogP contribution in [0.5, 0.6) is 0 Å². The van der Waals surface area contributed by atoms with E-state index in [0.717, 1.165) is 6.42 Å². The zero-order valence-corrected chi connectivity index (χ0v) is 12.3. The Labute approximate surface area is 117 Å². The monoisotopic (exact) mass is 283 g/mol. The number of amides is 1. The number of aryl methyl sites for hydroxylation is 2. The maximum absolute atomic E-state index is 11.7. The maximum Gasteiger partial charge on any atom is 0.334 e. The van der Waals surface area contributed by atoms with Crippen molar-refractivity contribution in [3.63, 3.8) is 0 Å². The van der Waals surface area contributed by atoms with Gasteiger partial charge >= 0.3 is 5.69 Å². The number of anilines is 1. The van der Waals surface area contributed by atoms with Crippen molar-refractivity contribution in [1.29, 1.82) is 0 Å². The summed E-state index contributed by atoms with van der Waals surface area (Å²) in [5.74, 6) is 0.0530. The van der Waals surface area contributed by atoms with Gasteiger partial charge in [-0.05, 0) is 20.3 Å². The second-order valence-electron chi connectivity index (χ2n) is 4.54. The first kappa shape index (κ1) is 15.9. The zero-order chi connectivity index (χ0) is 15.3. The molecule has 0 spiro atoms. The van der Waals surface area contributed by atoms with Crippen LogP contribution in [-0.2, 0) is 18.3 Å². The second-order valence-corrected chi connectivity index (χ2v) is 4.54. The first-order valence-electron chi connectivity index (χ1n) is 6.66. The highest BCUT2D eigenvalue weighted by atomic mass is 16.6. The number of carbonyl (C=O) groups excluding carboxylic acids is 1. The van der Waals surface area contributed by atoms with Crippen molar-refractivity contribution in [3.8, 4) is 0 Å². The number of likely N-dealkylation sites (N-methyl/N-ethyl adjacent to an activating group) is 1. The number of nitro groups is 1. The molecule has 0 aliphatic heterocycles. The van der Waals surface area contributed by atoms with Gasteiger partial charge in [-0.25, -0.2) is 4.68 Å². The van der Waals surface area contributed by atoms with E-state index in [9.17, 15) is 14.9 Å². The third kappa shape index (κ3) is 3.46. The van der Waals surface area contributed by atoms with Crippen LogP contribution in [0.3, 0.4) is 0 Å². The fourth-order valence-corrected chi connectivity index (χ4v) is 1.93. The number of aromatic nitrogens is 2. The van der Waals surface area contributed by atoms with Gasteiger partial charge in [0.15, 0.2) is 0 Å². The van der Waals surface area contributed by atoms with E-state index in [4.69, 9.17) is 0 Å². The predicted octanol–water partition coefficient (Wildman–Crippen LogP) is 1.22. The highest BCUT2D eigenvalue weighted by Crippen LogP contribution is 2.29. The minimum absolute atomic E-state index is 0.0505. The van der Waals surface area contributed by atoms with Crippen molar-refractivity contribution in [2.45, 2.75) is 39.7 Å². The van der Waals surface area contributed by atoms with Crippen molar-refractivity contribution in [2.24, 2.45) is 7.05 Å². The number of nitrogens with one attached hydrogen (secondary N) is 2. The fraction of sp³-hybridized carbons (Fsp3) is 0.667. The third-order valence-corrected chi connectivity index (χ3v) is 2.86. The molecule has 1 rings (SSSR count). The van der Waals surface area contributed by atoms with Crippen molar-refractivity contribution in [2.75, 3.05) is 11.9 Å². The fourth-order valence-electron chi connectivity index (χ4n) is 1.93. The topological polar surface area (TPSA) is 102 Å². The largest absolute Gasteiger partial charge is 0.355 e. The molecular formula is C12H21N5O3. The van der Waals surface area contributed by atoms with Gasteiger partial charge in [0.25, 0.3) is 0 Å². The Morgan fingerprint density at radius 1 is 1.50 bits per heavy atom. The molecule has 1 amide bonds. The standard InChI is InChI=1S/C12H21N5O3/c1-5-7-9-10(17(19)20)11(16(4)15-9)14-8(3)12(18)13-6-2/h8,14H,5-7H2,1-4H3,(H,13,18). The summed E-state index contributed by atoms with van der Waals surface area (Å²) in [5.41, 5.74) is 0.385. The van der Waals surface area contributed by atoms with E-state index in [2.05, 4.69) is 15.7 Å². The van der Waals surface area contributed by atoms with E-state index >= 15 is 0 Å². The van der Waals surface area contributed by atoms with Crippen LogP contribution in [0.25, 0.3) is 0 Å².